The third-order valence-electron chi connectivity index (χ3n) is 8.40. The van der Waals surface area contributed by atoms with Gasteiger partial charge in [0.15, 0.2) is 0 Å². The van der Waals surface area contributed by atoms with Crippen LogP contribution in [0.5, 0.6) is 0 Å². The van der Waals surface area contributed by atoms with Crippen LogP contribution in [0.4, 0.5) is 14.5 Å². The molecule has 7 nitrogen and oxygen atoms in total. The average Bonchev–Trinajstić information content (AvgIpc) is 3.43. The zero-order chi connectivity index (χ0) is 30.6. The van der Waals surface area contributed by atoms with E-state index in [4.69, 9.17) is 9.72 Å². The van der Waals surface area contributed by atoms with Crippen molar-refractivity contribution < 1.29 is 18.3 Å². The number of aryl methyl sites for hydroxylation is 2. The van der Waals surface area contributed by atoms with Gasteiger partial charge in [0.05, 0.1) is 47.9 Å². The van der Waals surface area contributed by atoms with Crippen LogP contribution in [0, 0.1) is 25.5 Å². The summed E-state index contributed by atoms with van der Waals surface area (Å²) in [4.78, 5) is 25.5. The summed E-state index contributed by atoms with van der Waals surface area (Å²) in [6, 6.07) is 19.9. The summed E-state index contributed by atoms with van der Waals surface area (Å²) >= 11 is 0. The summed E-state index contributed by atoms with van der Waals surface area (Å²) in [5.74, 6) is -0.561. The fourth-order valence-corrected chi connectivity index (χ4v) is 5.76. The van der Waals surface area contributed by atoms with Gasteiger partial charge in [0.1, 0.15) is 17.5 Å². The number of morpholine rings is 1. The van der Waals surface area contributed by atoms with Gasteiger partial charge < -0.3 is 20.4 Å². The zero-order valence-electron chi connectivity index (χ0n) is 24.7. The van der Waals surface area contributed by atoms with Gasteiger partial charge >= 0.3 is 0 Å². The Hall–Kier alpha value is -4.47. The fourth-order valence-electron chi connectivity index (χ4n) is 5.76. The standard InChI is InChI=1S/C35H35F2N5O2/c1-21-14-30-31(15-22(21)2)42-35(41-30)33-20-44-26(17-39-33)12-13-27-29(37)18-38-19-32(27)40-34(43)16-28(23-6-4-3-5-7-23)24-8-10-25(36)11-9-24/h3-11,14-15,18-19,26,28,33,39H,12-13,16-17,20H2,1-2H3,(H,40,43)(H,41,42)/t26-,28?,33+/m1/s1. The molecule has 5 aromatic rings. The number of amides is 1. The van der Waals surface area contributed by atoms with E-state index in [0.29, 0.717) is 37.2 Å². The minimum Gasteiger partial charge on any atom is -0.375 e. The summed E-state index contributed by atoms with van der Waals surface area (Å²) in [7, 11) is 0. The Balaban J connectivity index is 1.09. The molecule has 3 N–H and O–H groups in total. The normalized spacial score (nSPS) is 17.5. The van der Waals surface area contributed by atoms with Crippen molar-refractivity contribution in [2.45, 2.75) is 51.2 Å². The maximum absolute atomic E-state index is 15.0. The monoisotopic (exact) mass is 595 g/mol. The van der Waals surface area contributed by atoms with Crippen LogP contribution in [0.2, 0.25) is 0 Å². The molecule has 2 aromatic heterocycles. The summed E-state index contributed by atoms with van der Waals surface area (Å²) < 4.78 is 34.8. The van der Waals surface area contributed by atoms with E-state index < -0.39 is 5.82 Å². The first-order valence-electron chi connectivity index (χ1n) is 14.9. The molecule has 0 spiro atoms. The van der Waals surface area contributed by atoms with E-state index in [1.165, 1.54) is 29.5 Å². The van der Waals surface area contributed by atoms with Crippen molar-refractivity contribution in [1.29, 1.82) is 0 Å². The summed E-state index contributed by atoms with van der Waals surface area (Å²) in [5.41, 5.74) is 6.83. The number of aromatic amines is 1. The first kappa shape index (κ1) is 29.6. The number of imidazole rings is 1. The molecule has 3 heterocycles. The summed E-state index contributed by atoms with van der Waals surface area (Å²) in [5, 5.41) is 6.40. The summed E-state index contributed by atoms with van der Waals surface area (Å²) in [6.45, 7) is 5.19. The Kier molecular flexibility index (Phi) is 8.77. The zero-order valence-corrected chi connectivity index (χ0v) is 24.7. The molecule has 6 rings (SSSR count). The number of H-pyrrole nitrogens is 1. The van der Waals surface area contributed by atoms with Crippen LogP contribution in [-0.4, -0.2) is 40.1 Å². The van der Waals surface area contributed by atoms with E-state index in [1.54, 1.807) is 12.1 Å². The van der Waals surface area contributed by atoms with Gasteiger partial charge in [-0.25, -0.2) is 13.8 Å². The van der Waals surface area contributed by atoms with Gasteiger partial charge in [0, 0.05) is 24.4 Å². The molecule has 0 radical (unpaired) electrons. The Labute approximate surface area is 255 Å². The molecular formula is C35H35F2N5O2. The quantitative estimate of drug-likeness (QED) is 0.177. The lowest BCUT2D eigenvalue weighted by Crippen LogP contribution is -2.41. The molecule has 1 aliphatic rings. The number of carbonyl (C=O) groups excluding carboxylic acids is 1. The number of hydrogen-bond donors (Lipinski definition) is 3. The second kappa shape index (κ2) is 13.0. The Morgan fingerprint density at radius 2 is 1.77 bits per heavy atom. The fraction of sp³-hybridized carbons (Fsp3) is 0.286. The van der Waals surface area contributed by atoms with Crippen molar-refractivity contribution in [2.75, 3.05) is 18.5 Å². The van der Waals surface area contributed by atoms with Crippen LogP contribution in [0.1, 0.15) is 58.4 Å². The molecule has 0 saturated carbocycles. The van der Waals surface area contributed by atoms with Crippen molar-refractivity contribution >= 4 is 22.6 Å². The highest BCUT2D eigenvalue weighted by Crippen LogP contribution is 2.30. The molecule has 3 atom stereocenters. The van der Waals surface area contributed by atoms with Gasteiger partial charge in [-0.1, -0.05) is 42.5 Å². The number of anilines is 1. The Morgan fingerprint density at radius 3 is 2.52 bits per heavy atom. The number of aromatic nitrogens is 3. The van der Waals surface area contributed by atoms with Crippen molar-refractivity contribution in [1.82, 2.24) is 20.3 Å². The predicted molar refractivity (Wildman–Crippen MR) is 166 cm³/mol. The Morgan fingerprint density at radius 1 is 1.02 bits per heavy atom. The average molecular weight is 596 g/mol. The number of pyridine rings is 1. The van der Waals surface area contributed by atoms with Crippen LogP contribution >= 0.6 is 0 Å². The minimum atomic E-state index is -0.476. The highest BCUT2D eigenvalue weighted by Gasteiger charge is 2.26. The van der Waals surface area contributed by atoms with Gasteiger partial charge in [-0.2, -0.15) is 0 Å². The molecule has 1 amide bonds. The van der Waals surface area contributed by atoms with Crippen LogP contribution in [-0.2, 0) is 16.0 Å². The second-order valence-corrected chi connectivity index (χ2v) is 11.4. The molecular weight excluding hydrogens is 560 g/mol. The van der Waals surface area contributed by atoms with Crippen molar-refractivity contribution in [3.63, 3.8) is 0 Å². The number of nitrogens with one attached hydrogen (secondary N) is 3. The number of carbonyl (C=O) groups is 1. The lowest BCUT2D eigenvalue weighted by molar-refractivity contribution is -0.116. The topological polar surface area (TPSA) is 91.9 Å². The maximum Gasteiger partial charge on any atom is 0.225 e. The number of rotatable bonds is 9. The number of hydrogen-bond acceptors (Lipinski definition) is 5. The molecule has 0 aliphatic carbocycles. The second-order valence-electron chi connectivity index (χ2n) is 11.4. The Bertz CT molecular complexity index is 1710. The smallest absolute Gasteiger partial charge is 0.225 e. The van der Waals surface area contributed by atoms with Crippen molar-refractivity contribution in [3.8, 4) is 0 Å². The SMILES string of the molecule is Cc1cc2nc([C@@H]3CO[C@H](CCc4c(F)cncc4NC(=O)CC(c4ccccc4)c4ccc(F)cc4)CN3)[nH]c2cc1C. The molecule has 1 saturated heterocycles. The summed E-state index contributed by atoms with van der Waals surface area (Å²) in [6.07, 6.45) is 3.54. The predicted octanol–water partition coefficient (Wildman–Crippen LogP) is 6.68. The number of fused-ring (bicyclic) bond motifs is 1. The molecule has 3 aromatic carbocycles. The number of benzene rings is 3. The molecule has 1 fully saturated rings. The maximum atomic E-state index is 15.0. The minimum absolute atomic E-state index is 0.0644. The van der Waals surface area contributed by atoms with Crippen molar-refractivity contribution in [2.24, 2.45) is 0 Å². The molecule has 1 unspecified atom stereocenters. The van der Waals surface area contributed by atoms with Gasteiger partial charge in [-0.05, 0) is 73.2 Å². The van der Waals surface area contributed by atoms with E-state index >= 15 is 4.39 Å². The lowest BCUT2D eigenvalue weighted by atomic mass is 9.88. The van der Waals surface area contributed by atoms with E-state index in [0.717, 1.165) is 34.2 Å². The van der Waals surface area contributed by atoms with Crippen LogP contribution in [0.3, 0.4) is 0 Å². The molecule has 226 valence electrons. The highest BCUT2D eigenvalue weighted by molar-refractivity contribution is 5.92. The number of nitrogens with zero attached hydrogens (tertiary/aromatic N) is 2. The largest absolute Gasteiger partial charge is 0.375 e. The van der Waals surface area contributed by atoms with E-state index in [-0.39, 0.29) is 36.2 Å². The van der Waals surface area contributed by atoms with Gasteiger partial charge in [0.2, 0.25) is 5.91 Å². The number of halogens is 2. The first-order valence-corrected chi connectivity index (χ1v) is 14.9. The lowest BCUT2D eigenvalue weighted by Gasteiger charge is -2.29. The van der Waals surface area contributed by atoms with Crippen LogP contribution in [0.25, 0.3) is 11.0 Å². The van der Waals surface area contributed by atoms with Crippen LogP contribution in [0.15, 0.2) is 79.1 Å². The third-order valence-corrected chi connectivity index (χ3v) is 8.40. The van der Waals surface area contributed by atoms with Crippen molar-refractivity contribution in [3.05, 3.63) is 124 Å². The molecule has 9 heteroatoms. The number of ether oxygens (including phenoxy) is 1. The van der Waals surface area contributed by atoms with Gasteiger partial charge in [0.25, 0.3) is 0 Å². The van der Waals surface area contributed by atoms with Gasteiger partial charge in [-0.15, -0.1) is 0 Å². The van der Waals surface area contributed by atoms with E-state index in [2.05, 4.69) is 46.6 Å². The highest BCUT2D eigenvalue weighted by atomic mass is 19.1. The molecule has 44 heavy (non-hydrogen) atoms. The molecule has 1 aliphatic heterocycles. The first-order chi connectivity index (χ1) is 21.3. The van der Waals surface area contributed by atoms with E-state index in [9.17, 15) is 9.18 Å². The van der Waals surface area contributed by atoms with Gasteiger partial charge in [-0.3, -0.25) is 9.78 Å². The van der Waals surface area contributed by atoms with Crippen LogP contribution < -0.4 is 10.6 Å². The molecule has 0 bridgehead atoms. The van der Waals surface area contributed by atoms with E-state index in [1.807, 2.05) is 30.3 Å². The third kappa shape index (κ3) is 6.69.